The summed E-state index contributed by atoms with van der Waals surface area (Å²) in [6, 6.07) is 1.50. The normalized spacial score (nSPS) is 15.6. The molecule has 94 valence electrons. The maximum Gasteiger partial charge on any atom is 0.178 e. The number of fused-ring (bicyclic) bond motifs is 1. The molecule has 1 aliphatic rings. The number of benzene rings is 1. The van der Waals surface area contributed by atoms with Crippen LogP contribution in [0, 0.1) is 5.82 Å². The molecule has 0 amide bonds. The van der Waals surface area contributed by atoms with Gasteiger partial charge in [0.25, 0.3) is 0 Å². The van der Waals surface area contributed by atoms with Gasteiger partial charge in [-0.25, -0.2) is 4.39 Å². The Labute approximate surface area is 108 Å². The summed E-state index contributed by atoms with van der Waals surface area (Å²) in [5.41, 5.74) is -1.08. The van der Waals surface area contributed by atoms with Crippen LogP contribution in [0.2, 0.25) is 0 Å². The van der Waals surface area contributed by atoms with E-state index in [4.69, 9.17) is 9.47 Å². The van der Waals surface area contributed by atoms with Crippen molar-refractivity contribution >= 4 is 15.9 Å². The molecule has 0 fully saturated rings. The van der Waals surface area contributed by atoms with Crippen molar-refractivity contribution in [1.82, 2.24) is 0 Å². The molecule has 3 nitrogen and oxygen atoms in total. The van der Waals surface area contributed by atoms with Crippen molar-refractivity contribution in [2.75, 3.05) is 13.2 Å². The van der Waals surface area contributed by atoms with Crippen molar-refractivity contribution in [1.29, 1.82) is 0 Å². The molecule has 1 aliphatic heterocycles. The zero-order valence-electron chi connectivity index (χ0n) is 9.72. The quantitative estimate of drug-likeness (QED) is 0.867. The summed E-state index contributed by atoms with van der Waals surface area (Å²) >= 11 is 3.15. The fourth-order valence-corrected chi connectivity index (χ4v) is 2.21. The Morgan fingerprint density at radius 3 is 2.65 bits per heavy atom. The first-order valence-corrected chi connectivity index (χ1v) is 6.21. The second kappa shape index (κ2) is 4.46. The molecule has 0 unspecified atom stereocenters. The SMILES string of the molecule is CC(C)(O)c1cc2c(c(Br)c1F)OCCCO2. The molecule has 0 saturated carbocycles. The molecule has 0 bridgehead atoms. The molecule has 2 rings (SSSR count). The molecule has 1 N–H and O–H groups in total. The van der Waals surface area contributed by atoms with Crippen molar-refractivity contribution in [3.05, 3.63) is 21.9 Å². The first kappa shape index (κ1) is 12.6. The maximum absolute atomic E-state index is 14.1. The first-order chi connectivity index (χ1) is 7.91. The zero-order chi connectivity index (χ0) is 12.6. The third kappa shape index (κ3) is 2.40. The first-order valence-electron chi connectivity index (χ1n) is 5.41. The van der Waals surface area contributed by atoms with Gasteiger partial charge in [-0.2, -0.15) is 0 Å². The fourth-order valence-electron chi connectivity index (χ4n) is 1.69. The maximum atomic E-state index is 14.1. The lowest BCUT2D eigenvalue weighted by Gasteiger charge is -2.21. The van der Waals surface area contributed by atoms with Crippen LogP contribution in [0.3, 0.4) is 0 Å². The van der Waals surface area contributed by atoms with Gasteiger partial charge in [-0.3, -0.25) is 0 Å². The molecule has 0 aromatic heterocycles. The predicted octanol–water partition coefficient (Wildman–Crippen LogP) is 2.98. The van der Waals surface area contributed by atoms with E-state index in [1.807, 2.05) is 0 Å². The van der Waals surface area contributed by atoms with Crippen LogP contribution < -0.4 is 9.47 Å². The monoisotopic (exact) mass is 304 g/mol. The molecule has 0 radical (unpaired) electrons. The third-order valence-electron chi connectivity index (χ3n) is 2.58. The van der Waals surface area contributed by atoms with Crippen molar-refractivity contribution in [3.63, 3.8) is 0 Å². The van der Waals surface area contributed by atoms with Crippen LogP contribution in [0.25, 0.3) is 0 Å². The highest BCUT2D eigenvalue weighted by atomic mass is 79.9. The average Bonchev–Trinajstić information content (AvgIpc) is 2.46. The van der Waals surface area contributed by atoms with Crippen molar-refractivity contribution in [2.24, 2.45) is 0 Å². The second-order valence-electron chi connectivity index (χ2n) is 4.49. The number of rotatable bonds is 1. The topological polar surface area (TPSA) is 38.7 Å². The molecular formula is C12H14BrFO3. The molecule has 0 aliphatic carbocycles. The second-order valence-corrected chi connectivity index (χ2v) is 5.28. The Morgan fingerprint density at radius 1 is 1.35 bits per heavy atom. The van der Waals surface area contributed by atoms with E-state index < -0.39 is 11.4 Å². The zero-order valence-corrected chi connectivity index (χ0v) is 11.3. The van der Waals surface area contributed by atoms with Gasteiger partial charge in [-0.05, 0) is 35.8 Å². The Bertz CT molecular complexity index is 440. The Balaban J connectivity index is 2.59. The van der Waals surface area contributed by atoms with E-state index in [1.54, 1.807) is 0 Å². The number of halogens is 2. The van der Waals surface area contributed by atoms with Crippen LogP contribution in [0.4, 0.5) is 4.39 Å². The Morgan fingerprint density at radius 2 is 2.00 bits per heavy atom. The summed E-state index contributed by atoms with van der Waals surface area (Å²) in [5.74, 6) is 0.322. The average molecular weight is 305 g/mol. The third-order valence-corrected chi connectivity index (χ3v) is 3.29. The van der Waals surface area contributed by atoms with Crippen LogP contribution in [0.15, 0.2) is 10.5 Å². The van der Waals surface area contributed by atoms with Gasteiger partial charge in [0.2, 0.25) is 0 Å². The van der Waals surface area contributed by atoms with Crippen LogP contribution in [-0.2, 0) is 5.60 Å². The van der Waals surface area contributed by atoms with Crippen molar-refractivity contribution in [3.8, 4) is 11.5 Å². The molecule has 0 saturated heterocycles. The molecule has 1 heterocycles. The number of hydrogen-bond acceptors (Lipinski definition) is 3. The van der Waals surface area contributed by atoms with Gasteiger partial charge in [0.15, 0.2) is 11.5 Å². The highest BCUT2D eigenvalue weighted by Gasteiger charge is 2.28. The van der Waals surface area contributed by atoms with Gasteiger partial charge < -0.3 is 14.6 Å². The number of aliphatic hydroxyl groups is 1. The summed E-state index contributed by atoms with van der Waals surface area (Å²) in [7, 11) is 0. The Hall–Kier alpha value is -0.810. The van der Waals surface area contributed by atoms with Crippen LogP contribution in [-0.4, -0.2) is 18.3 Å². The lowest BCUT2D eigenvalue weighted by atomic mass is 9.97. The molecule has 17 heavy (non-hydrogen) atoms. The van der Waals surface area contributed by atoms with Gasteiger partial charge in [0.05, 0.1) is 23.3 Å². The van der Waals surface area contributed by atoms with Gasteiger partial charge in [0.1, 0.15) is 5.82 Å². The van der Waals surface area contributed by atoms with Gasteiger partial charge >= 0.3 is 0 Å². The highest BCUT2D eigenvalue weighted by Crippen LogP contribution is 2.42. The van der Waals surface area contributed by atoms with E-state index in [1.165, 1.54) is 19.9 Å². The van der Waals surface area contributed by atoms with E-state index in [9.17, 15) is 9.50 Å². The molecule has 1 aromatic rings. The summed E-state index contributed by atoms with van der Waals surface area (Å²) in [4.78, 5) is 0. The van der Waals surface area contributed by atoms with Crippen molar-refractivity contribution in [2.45, 2.75) is 25.9 Å². The van der Waals surface area contributed by atoms with E-state index >= 15 is 0 Å². The van der Waals surface area contributed by atoms with E-state index in [0.717, 1.165) is 6.42 Å². The van der Waals surface area contributed by atoms with Crippen LogP contribution in [0.1, 0.15) is 25.8 Å². The standard InChI is InChI=1S/C12H14BrFO3/c1-12(2,15)7-6-8-11(9(13)10(7)14)17-5-3-4-16-8/h6,15H,3-5H2,1-2H3. The van der Waals surface area contributed by atoms with Gasteiger partial charge in [0, 0.05) is 12.0 Å². The van der Waals surface area contributed by atoms with E-state index in [-0.39, 0.29) is 10.0 Å². The van der Waals surface area contributed by atoms with Crippen LogP contribution >= 0.6 is 15.9 Å². The largest absolute Gasteiger partial charge is 0.490 e. The predicted molar refractivity (Wildman–Crippen MR) is 65.0 cm³/mol. The van der Waals surface area contributed by atoms with Gasteiger partial charge in [-0.1, -0.05) is 0 Å². The fraction of sp³-hybridized carbons (Fsp3) is 0.500. The van der Waals surface area contributed by atoms with E-state index in [2.05, 4.69) is 15.9 Å². The summed E-state index contributed by atoms with van der Waals surface area (Å²) in [5, 5.41) is 9.91. The van der Waals surface area contributed by atoms with E-state index in [0.29, 0.717) is 24.7 Å². The lowest BCUT2D eigenvalue weighted by molar-refractivity contribution is 0.0739. The molecule has 1 aromatic carbocycles. The minimum Gasteiger partial charge on any atom is -0.490 e. The van der Waals surface area contributed by atoms with Crippen LogP contribution in [0.5, 0.6) is 11.5 Å². The smallest absolute Gasteiger partial charge is 0.178 e. The summed E-state index contributed by atoms with van der Waals surface area (Å²) < 4.78 is 25.2. The summed E-state index contributed by atoms with van der Waals surface area (Å²) in [6.07, 6.45) is 0.751. The van der Waals surface area contributed by atoms with Crippen molar-refractivity contribution < 1.29 is 19.0 Å². The lowest BCUT2D eigenvalue weighted by Crippen LogP contribution is -2.18. The van der Waals surface area contributed by atoms with Gasteiger partial charge in [-0.15, -0.1) is 0 Å². The molecular weight excluding hydrogens is 291 g/mol. The minimum absolute atomic E-state index is 0.189. The molecule has 5 heteroatoms. The number of hydrogen-bond donors (Lipinski definition) is 1. The number of ether oxygens (including phenoxy) is 2. The molecule has 0 atom stereocenters. The minimum atomic E-state index is -1.27. The highest BCUT2D eigenvalue weighted by molar-refractivity contribution is 9.10. The summed E-state index contributed by atoms with van der Waals surface area (Å²) in [6.45, 7) is 4.08. The molecule has 0 spiro atoms. The Kier molecular flexibility index (Phi) is 3.32.